The molecule has 1 fully saturated rings. The van der Waals surface area contributed by atoms with Gasteiger partial charge in [-0.25, -0.2) is 0 Å². The number of benzene rings is 1. The van der Waals surface area contributed by atoms with Crippen molar-refractivity contribution < 1.29 is 9.53 Å². The van der Waals surface area contributed by atoms with E-state index in [1.165, 1.54) is 0 Å². The zero-order valence-electron chi connectivity index (χ0n) is 14.9. The number of carbonyl (C=O) groups is 1. The van der Waals surface area contributed by atoms with Crippen LogP contribution in [0.1, 0.15) is 55.1 Å². The Balaban J connectivity index is 1.72. The molecule has 1 aromatic heterocycles. The van der Waals surface area contributed by atoms with Gasteiger partial charge >= 0.3 is 0 Å². The highest BCUT2D eigenvalue weighted by Gasteiger charge is 2.31. The lowest BCUT2D eigenvalue weighted by Crippen LogP contribution is -2.43. The predicted octanol–water partition coefficient (Wildman–Crippen LogP) is 4.15. The molecule has 0 aliphatic carbocycles. The molecule has 0 bridgehead atoms. The topological polar surface area (TPSA) is 51.2 Å². The van der Waals surface area contributed by atoms with E-state index in [-0.39, 0.29) is 24.2 Å². The number of aromatic nitrogens is 1. The van der Waals surface area contributed by atoms with Crippen LogP contribution in [0.2, 0.25) is 0 Å². The highest BCUT2D eigenvalue weighted by molar-refractivity contribution is 5.94. The molecule has 0 saturated carbocycles. The average molecular weight is 338 g/mol. The van der Waals surface area contributed by atoms with Gasteiger partial charge in [0.1, 0.15) is 0 Å². The van der Waals surface area contributed by atoms with Gasteiger partial charge in [-0.3, -0.25) is 9.78 Å². The van der Waals surface area contributed by atoms with Gasteiger partial charge in [-0.2, -0.15) is 0 Å². The SMILES string of the molecule is CC(C)C[C@@H]1C[C@H](NC(=O)c2ccccc2)C[C@H](c2cccnc2)O1. The lowest BCUT2D eigenvalue weighted by molar-refractivity contribution is -0.0701. The van der Waals surface area contributed by atoms with E-state index in [0.717, 1.165) is 24.8 Å². The molecule has 1 aliphatic heterocycles. The standard InChI is InChI=1S/C21H26N2O2/c1-15(2)11-19-12-18(23-21(24)16-7-4-3-5-8-16)13-20(25-19)17-9-6-10-22-14-17/h3-10,14-15,18-20H,11-13H2,1-2H3,(H,23,24)/t18-,19+,20+/m0/s1. The van der Waals surface area contributed by atoms with Crippen molar-refractivity contribution in [2.45, 2.75) is 51.4 Å². The zero-order valence-corrected chi connectivity index (χ0v) is 14.9. The second-order valence-electron chi connectivity index (χ2n) is 7.17. The van der Waals surface area contributed by atoms with Gasteiger partial charge in [0, 0.05) is 24.0 Å². The molecule has 4 nitrogen and oxygen atoms in total. The zero-order chi connectivity index (χ0) is 17.6. The van der Waals surface area contributed by atoms with E-state index in [1.807, 2.05) is 48.7 Å². The second-order valence-corrected chi connectivity index (χ2v) is 7.17. The van der Waals surface area contributed by atoms with E-state index < -0.39 is 0 Å². The summed E-state index contributed by atoms with van der Waals surface area (Å²) in [6.45, 7) is 4.41. The summed E-state index contributed by atoms with van der Waals surface area (Å²) in [6.07, 6.45) is 6.39. The van der Waals surface area contributed by atoms with Crippen LogP contribution in [0, 0.1) is 5.92 Å². The Kier molecular flexibility index (Phi) is 5.82. The minimum Gasteiger partial charge on any atom is -0.370 e. The average Bonchev–Trinajstić information content (AvgIpc) is 2.62. The van der Waals surface area contributed by atoms with Gasteiger partial charge in [0.2, 0.25) is 0 Å². The minimum absolute atomic E-state index is 0.0132. The second kappa shape index (κ2) is 8.26. The van der Waals surface area contributed by atoms with E-state index in [2.05, 4.69) is 24.1 Å². The van der Waals surface area contributed by atoms with E-state index in [1.54, 1.807) is 6.20 Å². The van der Waals surface area contributed by atoms with E-state index in [0.29, 0.717) is 11.5 Å². The lowest BCUT2D eigenvalue weighted by Gasteiger charge is -2.36. The van der Waals surface area contributed by atoms with Crippen LogP contribution < -0.4 is 5.32 Å². The summed E-state index contributed by atoms with van der Waals surface area (Å²) in [5.74, 6) is 0.545. The maximum Gasteiger partial charge on any atom is 0.251 e. The molecule has 0 spiro atoms. The summed E-state index contributed by atoms with van der Waals surface area (Å²) < 4.78 is 6.31. The number of carbonyl (C=O) groups excluding carboxylic acids is 1. The summed E-state index contributed by atoms with van der Waals surface area (Å²) >= 11 is 0. The van der Waals surface area contributed by atoms with Crippen LogP contribution in [0.4, 0.5) is 0 Å². The molecule has 1 amide bonds. The fraction of sp³-hybridized carbons (Fsp3) is 0.429. The molecule has 1 aliphatic rings. The maximum atomic E-state index is 12.5. The van der Waals surface area contributed by atoms with Crippen LogP contribution in [0.5, 0.6) is 0 Å². The number of nitrogens with one attached hydrogen (secondary N) is 1. The first-order chi connectivity index (χ1) is 12.1. The Morgan fingerprint density at radius 3 is 2.68 bits per heavy atom. The Hall–Kier alpha value is -2.20. The first-order valence-corrected chi connectivity index (χ1v) is 9.03. The molecule has 25 heavy (non-hydrogen) atoms. The van der Waals surface area contributed by atoms with E-state index in [4.69, 9.17) is 4.74 Å². The fourth-order valence-corrected chi connectivity index (χ4v) is 3.45. The smallest absolute Gasteiger partial charge is 0.251 e. The number of amides is 1. The van der Waals surface area contributed by atoms with Crippen molar-refractivity contribution in [3.05, 3.63) is 66.0 Å². The molecule has 3 rings (SSSR count). The number of ether oxygens (including phenoxy) is 1. The Morgan fingerprint density at radius 2 is 2.00 bits per heavy atom. The number of rotatable bonds is 5. The number of hydrogen-bond donors (Lipinski definition) is 1. The van der Waals surface area contributed by atoms with Crippen molar-refractivity contribution in [3.63, 3.8) is 0 Å². The molecule has 0 radical (unpaired) electrons. The molecule has 2 heterocycles. The molecule has 1 N–H and O–H groups in total. The van der Waals surface area contributed by atoms with Gasteiger partial charge in [-0.1, -0.05) is 38.1 Å². The van der Waals surface area contributed by atoms with Gasteiger partial charge in [-0.15, -0.1) is 0 Å². The number of hydrogen-bond acceptors (Lipinski definition) is 3. The molecule has 132 valence electrons. The lowest BCUT2D eigenvalue weighted by atomic mass is 9.91. The van der Waals surface area contributed by atoms with Gasteiger partial charge in [0.15, 0.2) is 0 Å². The Morgan fingerprint density at radius 1 is 1.20 bits per heavy atom. The highest BCUT2D eigenvalue weighted by atomic mass is 16.5. The minimum atomic E-state index is -0.0210. The van der Waals surface area contributed by atoms with Crippen molar-refractivity contribution in [2.75, 3.05) is 0 Å². The van der Waals surface area contributed by atoms with Crippen molar-refractivity contribution >= 4 is 5.91 Å². The van der Waals surface area contributed by atoms with E-state index in [9.17, 15) is 4.79 Å². The molecule has 4 heteroatoms. The first kappa shape index (κ1) is 17.6. The molecular formula is C21H26N2O2. The molecule has 1 saturated heterocycles. The van der Waals surface area contributed by atoms with Crippen LogP contribution in [0.3, 0.4) is 0 Å². The highest BCUT2D eigenvalue weighted by Crippen LogP contribution is 2.33. The van der Waals surface area contributed by atoms with E-state index >= 15 is 0 Å². The third-order valence-corrected chi connectivity index (χ3v) is 4.56. The summed E-state index contributed by atoms with van der Waals surface area (Å²) in [6, 6.07) is 13.5. The molecule has 3 atom stereocenters. The monoisotopic (exact) mass is 338 g/mol. The normalized spacial score (nSPS) is 23.4. The molecular weight excluding hydrogens is 312 g/mol. The largest absolute Gasteiger partial charge is 0.370 e. The molecule has 0 unspecified atom stereocenters. The molecule has 1 aromatic carbocycles. The van der Waals surface area contributed by atoms with Crippen LogP contribution in [-0.2, 0) is 4.74 Å². The van der Waals surface area contributed by atoms with Crippen molar-refractivity contribution in [2.24, 2.45) is 5.92 Å². The summed E-state index contributed by atoms with van der Waals surface area (Å²) in [7, 11) is 0. The van der Waals surface area contributed by atoms with Crippen LogP contribution >= 0.6 is 0 Å². The van der Waals surface area contributed by atoms with Crippen molar-refractivity contribution in [3.8, 4) is 0 Å². The van der Waals surface area contributed by atoms with Gasteiger partial charge in [0.25, 0.3) is 5.91 Å². The number of nitrogens with zero attached hydrogens (tertiary/aromatic N) is 1. The van der Waals surface area contributed by atoms with Crippen LogP contribution in [-0.4, -0.2) is 23.0 Å². The summed E-state index contributed by atoms with van der Waals surface area (Å²) in [5.41, 5.74) is 1.78. The van der Waals surface area contributed by atoms with Crippen molar-refractivity contribution in [1.29, 1.82) is 0 Å². The Labute approximate surface area is 149 Å². The third-order valence-electron chi connectivity index (χ3n) is 4.56. The maximum absolute atomic E-state index is 12.5. The predicted molar refractivity (Wildman–Crippen MR) is 98.2 cm³/mol. The van der Waals surface area contributed by atoms with Crippen LogP contribution in [0.15, 0.2) is 54.9 Å². The van der Waals surface area contributed by atoms with Gasteiger partial charge in [0.05, 0.1) is 12.2 Å². The summed E-state index contributed by atoms with van der Waals surface area (Å²) in [4.78, 5) is 16.7. The first-order valence-electron chi connectivity index (χ1n) is 9.03. The van der Waals surface area contributed by atoms with Crippen LogP contribution in [0.25, 0.3) is 0 Å². The van der Waals surface area contributed by atoms with Crippen molar-refractivity contribution in [1.82, 2.24) is 10.3 Å². The summed E-state index contributed by atoms with van der Waals surface area (Å²) in [5, 5.41) is 3.20. The number of pyridine rings is 1. The van der Waals surface area contributed by atoms with Gasteiger partial charge in [-0.05, 0) is 48.9 Å². The molecule has 2 aromatic rings. The van der Waals surface area contributed by atoms with Gasteiger partial charge < -0.3 is 10.1 Å². The fourth-order valence-electron chi connectivity index (χ4n) is 3.45. The quantitative estimate of drug-likeness (QED) is 0.891. The Bertz CT molecular complexity index is 673. The third kappa shape index (κ3) is 4.89.